The molecular formula is C11H17ClNO3P. The maximum absolute atomic E-state index is 12.4. The highest BCUT2D eigenvalue weighted by atomic mass is 35.5. The second-order valence-corrected chi connectivity index (χ2v) is 5.96. The molecule has 0 amide bonds. The molecule has 4 nitrogen and oxygen atoms in total. The highest BCUT2D eigenvalue weighted by Crippen LogP contribution is 2.58. The molecule has 0 heterocycles. The van der Waals surface area contributed by atoms with Crippen LogP contribution in [0.25, 0.3) is 0 Å². The van der Waals surface area contributed by atoms with Gasteiger partial charge >= 0.3 is 7.60 Å². The molecule has 1 atom stereocenters. The zero-order valence-corrected chi connectivity index (χ0v) is 11.6. The summed E-state index contributed by atoms with van der Waals surface area (Å²) in [5, 5.41) is 0.539. The van der Waals surface area contributed by atoms with Crippen LogP contribution in [0.1, 0.15) is 25.2 Å². The Kier molecular flexibility index (Phi) is 5.63. The lowest BCUT2D eigenvalue weighted by Gasteiger charge is -2.23. The molecule has 0 saturated heterocycles. The van der Waals surface area contributed by atoms with Gasteiger partial charge in [-0.05, 0) is 31.5 Å². The molecule has 0 radical (unpaired) electrons. The van der Waals surface area contributed by atoms with Crippen LogP contribution < -0.4 is 5.73 Å². The molecule has 0 aliphatic rings. The molecule has 0 fully saturated rings. The Morgan fingerprint density at radius 2 is 1.94 bits per heavy atom. The van der Waals surface area contributed by atoms with Crippen molar-refractivity contribution in [2.45, 2.75) is 19.6 Å². The van der Waals surface area contributed by atoms with E-state index in [4.69, 9.17) is 26.4 Å². The lowest BCUT2D eigenvalue weighted by Crippen LogP contribution is -2.14. The van der Waals surface area contributed by atoms with Gasteiger partial charge in [-0.2, -0.15) is 0 Å². The number of hydrogen-bond donors (Lipinski definition) is 1. The second kappa shape index (κ2) is 6.53. The lowest BCUT2D eigenvalue weighted by atomic mass is 10.2. The summed E-state index contributed by atoms with van der Waals surface area (Å²) in [5.41, 5.74) is 6.58. The van der Waals surface area contributed by atoms with Gasteiger partial charge in [-0.1, -0.05) is 23.7 Å². The van der Waals surface area contributed by atoms with Crippen LogP contribution in [0.3, 0.4) is 0 Å². The van der Waals surface area contributed by atoms with Crippen LogP contribution in [-0.4, -0.2) is 13.2 Å². The number of rotatable bonds is 6. The normalized spacial score (nSPS) is 13.6. The van der Waals surface area contributed by atoms with E-state index >= 15 is 0 Å². The summed E-state index contributed by atoms with van der Waals surface area (Å²) in [5.74, 6) is -0.818. The fourth-order valence-corrected chi connectivity index (χ4v) is 3.27. The van der Waals surface area contributed by atoms with Crippen LogP contribution in [0.15, 0.2) is 24.3 Å². The predicted molar refractivity (Wildman–Crippen MR) is 69.2 cm³/mol. The predicted octanol–water partition coefficient (Wildman–Crippen LogP) is 3.56. The van der Waals surface area contributed by atoms with Crippen molar-refractivity contribution in [3.8, 4) is 0 Å². The zero-order chi connectivity index (χ0) is 12.9. The van der Waals surface area contributed by atoms with Gasteiger partial charge in [0.15, 0.2) is 0 Å². The summed E-state index contributed by atoms with van der Waals surface area (Å²) < 4.78 is 22.8. The largest absolute Gasteiger partial charge is 0.351 e. The van der Waals surface area contributed by atoms with Gasteiger partial charge in [-0.3, -0.25) is 4.57 Å². The highest BCUT2D eigenvalue weighted by Gasteiger charge is 2.33. The van der Waals surface area contributed by atoms with E-state index < -0.39 is 13.4 Å². The number of halogens is 1. The summed E-state index contributed by atoms with van der Waals surface area (Å²) in [6.07, 6.45) is 0. The molecule has 0 aromatic heterocycles. The molecule has 0 saturated carbocycles. The fourth-order valence-electron chi connectivity index (χ4n) is 1.43. The van der Waals surface area contributed by atoms with Crippen LogP contribution in [0, 0.1) is 0 Å². The van der Waals surface area contributed by atoms with Gasteiger partial charge in [0.05, 0.1) is 13.2 Å². The van der Waals surface area contributed by atoms with Gasteiger partial charge in [0, 0.05) is 5.02 Å². The van der Waals surface area contributed by atoms with Crippen molar-refractivity contribution < 1.29 is 13.6 Å². The molecule has 0 bridgehead atoms. The topological polar surface area (TPSA) is 61.5 Å². The van der Waals surface area contributed by atoms with Crippen molar-refractivity contribution in [3.63, 3.8) is 0 Å². The fraction of sp³-hybridized carbons (Fsp3) is 0.455. The van der Waals surface area contributed by atoms with E-state index in [1.807, 2.05) is 0 Å². The average Bonchev–Trinajstić information content (AvgIpc) is 2.28. The molecular weight excluding hydrogens is 261 g/mol. The molecule has 17 heavy (non-hydrogen) atoms. The summed E-state index contributed by atoms with van der Waals surface area (Å²) in [4.78, 5) is 0. The minimum atomic E-state index is -3.33. The first-order valence-corrected chi connectivity index (χ1v) is 7.42. The van der Waals surface area contributed by atoms with Gasteiger partial charge in [0.2, 0.25) is 0 Å². The third-order valence-electron chi connectivity index (χ3n) is 2.15. The third kappa shape index (κ3) is 3.80. The van der Waals surface area contributed by atoms with Crippen molar-refractivity contribution in [1.29, 1.82) is 0 Å². The molecule has 1 aromatic carbocycles. The quantitative estimate of drug-likeness (QED) is 0.808. The number of hydrogen-bond acceptors (Lipinski definition) is 4. The third-order valence-corrected chi connectivity index (χ3v) is 4.60. The maximum atomic E-state index is 12.4. The maximum Gasteiger partial charge on any atom is 0.351 e. The van der Waals surface area contributed by atoms with Gasteiger partial charge in [-0.25, -0.2) is 0 Å². The Labute approximate surface area is 107 Å². The molecule has 0 aliphatic heterocycles. The summed E-state index contributed by atoms with van der Waals surface area (Å²) >= 11 is 5.87. The smallest absolute Gasteiger partial charge is 0.314 e. The minimum absolute atomic E-state index is 0.283. The van der Waals surface area contributed by atoms with Crippen molar-refractivity contribution in [2.24, 2.45) is 5.73 Å². The standard InChI is InChI=1S/C11H17ClNO3P/c1-3-15-17(14,16-4-2)11(13)9-6-5-7-10(12)8-9/h5-8,11H,3-4,13H2,1-2H3. The van der Waals surface area contributed by atoms with Gasteiger partial charge in [-0.15, -0.1) is 0 Å². The van der Waals surface area contributed by atoms with Crippen molar-refractivity contribution in [2.75, 3.05) is 13.2 Å². The van der Waals surface area contributed by atoms with E-state index in [2.05, 4.69) is 0 Å². The first kappa shape index (κ1) is 14.7. The average molecular weight is 278 g/mol. The number of nitrogens with two attached hydrogens (primary N) is 1. The van der Waals surface area contributed by atoms with Crippen molar-refractivity contribution in [1.82, 2.24) is 0 Å². The summed E-state index contributed by atoms with van der Waals surface area (Å²) in [7, 11) is -3.33. The Bertz CT molecular complexity index is 403. The molecule has 2 N–H and O–H groups in total. The van der Waals surface area contributed by atoms with Gasteiger partial charge in [0.1, 0.15) is 5.78 Å². The zero-order valence-electron chi connectivity index (χ0n) is 9.93. The minimum Gasteiger partial charge on any atom is -0.314 e. The summed E-state index contributed by atoms with van der Waals surface area (Å²) in [6, 6.07) is 6.89. The van der Waals surface area contributed by atoms with E-state index in [1.54, 1.807) is 38.1 Å². The van der Waals surface area contributed by atoms with E-state index in [9.17, 15) is 4.57 Å². The highest BCUT2D eigenvalue weighted by molar-refractivity contribution is 7.54. The van der Waals surface area contributed by atoms with Crippen LogP contribution in [-0.2, 0) is 13.6 Å². The van der Waals surface area contributed by atoms with Crippen LogP contribution in [0.4, 0.5) is 0 Å². The Balaban J connectivity index is 2.99. The Hall–Kier alpha value is -0.380. The first-order chi connectivity index (χ1) is 8.03. The van der Waals surface area contributed by atoms with E-state index in [1.165, 1.54) is 0 Å². The molecule has 1 aromatic rings. The lowest BCUT2D eigenvalue weighted by molar-refractivity contribution is 0.212. The van der Waals surface area contributed by atoms with Gasteiger partial charge in [0.25, 0.3) is 0 Å². The van der Waals surface area contributed by atoms with Crippen LogP contribution in [0.5, 0.6) is 0 Å². The molecule has 0 aliphatic carbocycles. The molecule has 1 rings (SSSR count). The summed E-state index contributed by atoms with van der Waals surface area (Å²) in [6.45, 7) is 4.06. The molecule has 96 valence electrons. The van der Waals surface area contributed by atoms with Crippen molar-refractivity contribution >= 4 is 19.2 Å². The Morgan fingerprint density at radius 1 is 1.35 bits per heavy atom. The SMILES string of the molecule is CCOP(=O)(OCC)C(N)c1cccc(Cl)c1. The first-order valence-electron chi connectivity index (χ1n) is 5.43. The van der Waals surface area contributed by atoms with Crippen molar-refractivity contribution in [3.05, 3.63) is 34.9 Å². The van der Waals surface area contributed by atoms with E-state index in [0.717, 1.165) is 0 Å². The number of benzene rings is 1. The van der Waals surface area contributed by atoms with E-state index in [0.29, 0.717) is 10.6 Å². The van der Waals surface area contributed by atoms with Crippen LogP contribution in [0.2, 0.25) is 5.02 Å². The monoisotopic (exact) mass is 277 g/mol. The van der Waals surface area contributed by atoms with E-state index in [-0.39, 0.29) is 13.2 Å². The van der Waals surface area contributed by atoms with Gasteiger partial charge < -0.3 is 14.8 Å². The molecule has 1 unspecified atom stereocenters. The molecule has 0 spiro atoms. The Morgan fingerprint density at radius 3 is 2.41 bits per heavy atom. The second-order valence-electron chi connectivity index (χ2n) is 3.38. The molecule has 6 heteroatoms. The van der Waals surface area contributed by atoms with Crippen LogP contribution >= 0.6 is 19.2 Å².